The van der Waals surface area contributed by atoms with E-state index < -0.39 is 11.9 Å². The number of halogens is 3. The first kappa shape index (κ1) is 22.2. The maximum Gasteiger partial charge on any atom is 0.433 e. The minimum atomic E-state index is -4.49. The Bertz CT molecular complexity index is 1320. The summed E-state index contributed by atoms with van der Waals surface area (Å²) in [7, 11) is 0. The lowest BCUT2D eigenvalue weighted by atomic mass is 10.1. The zero-order chi connectivity index (χ0) is 24.0. The lowest BCUT2D eigenvalue weighted by molar-refractivity contribution is -0.141. The van der Waals surface area contributed by atoms with Gasteiger partial charge in [0, 0.05) is 43.2 Å². The van der Waals surface area contributed by atoms with E-state index in [-0.39, 0.29) is 12.0 Å². The molecule has 4 aromatic rings. The lowest BCUT2D eigenvalue weighted by Gasteiger charge is -2.26. The molecule has 5 rings (SSSR count). The molecule has 0 fully saturated rings. The third-order valence-corrected chi connectivity index (χ3v) is 5.99. The zero-order valence-electron chi connectivity index (χ0n) is 19.0. The van der Waals surface area contributed by atoms with Gasteiger partial charge in [0.15, 0.2) is 17.0 Å². The molecule has 0 saturated heterocycles. The minimum Gasteiger partial charge on any atom is -0.364 e. The molecule has 0 spiro atoms. The molecule has 0 radical (unpaired) electrons. The molecule has 0 saturated carbocycles. The van der Waals surface area contributed by atoms with Gasteiger partial charge < -0.3 is 14.5 Å². The summed E-state index contributed by atoms with van der Waals surface area (Å²) in [5.74, 6) is 3.30. The van der Waals surface area contributed by atoms with Crippen molar-refractivity contribution in [2.24, 2.45) is 0 Å². The molecule has 0 aliphatic carbocycles. The molecule has 4 aromatic heterocycles. The Morgan fingerprint density at radius 3 is 2.65 bits per heavy atom. The summed E-state index contributed by atoms with van der Waals surface area (Å²) in [6.07, 6.45) is -0.159. The summed E-state index contributed by atoms with van der Waals surface area (Å²) in [6, 6.07) is 2.44. The van der Waals surface area contributed by atoms with Gasteiger partial charge in [-0.3, -0.25) is 4.98 Å². The molecule has 1 N–H and O–H groups in total. The molecule has 1 aliphatic rings. The molecule has 34 heavy (non-hydrogen) atoms. The fourth-order valence-corrected chi connectivity index (χ4v) is 4.34. The Balaban J connectivity index is 1.48. The van der Waals surface area contributed by atoms with E-state index in [9.17, 15) is 13.2 Å². The van der Waals surface area contributed by atoms with Crippen LogP contribution in [-0.2, 0) is 25.7 Å². The van der Waals surface area contributed by atoms with E-state index >= 15 is 0 Å². The van der Waals surface area contributed by atoms with Crippen LogP contribution >= 0.6 is 0 Å². The molecule has 0 bridgehead atoms. The summed E-state index contributed by atoms with van der Waals surface area (Å²) >= 11 is 0. The summed E-state index contributed by atoms with van der Waals surface area (Å²) in [4.78, 5) is 17.1. The Morgan fingerprint density at radius 1 is 1.15 bits per heavy atom. The van der Waals surface area contributed by atoms with Gasteiger partial charge >= 0.3 is 6.18 Å². The summed E-state index contributed by atoms with van der Waals surface area (Å²) in [5, 5.41) is 12.2. The molecule has 178 valence electrons. The number of aryl methyl sites for hydroxylation is 2. The molecule has 0 unspecified atom stereocenters. The Hall–Kier alpha value is -3.57. The second-order valence-electron chi connectivity index (χ2n) is 8.62. The highest BCUT2D eigenvalue weighted by Crippen LogP contribution is 2.31. The number of fused-ring (bicyclic) bond motifs is 2. The normalized spacial score (nSPS) is 16.3. The first-order chi connectivity index (χ1) is 16.3. The van der Waals surface area contributed by atoms with Gasteiger partial charge in [-0.15, -0.1) is 10.2 Å². The molecule has 1 aliphatic heterocycles. The predicted octanol–water partition coefficient (Wildman–Crippen LogP) is 4.07. The van der Waals surface area contributed by atoms with Crippen molar-refractivity contribution in [3.05, 3.63) is 42.0 Å². The van der Waals surface area contributed by atoms with Crippen molar-refractivity contribution in [3.63, 3.8) is 0 Å². The molecular formula is C22H24F3N9. The standard InChI is InChI=1S/C22H24F3N9/c1-4-33-20(13-5-7-15(26-9-13)22(23,24)25)30-17-18(27-11-28-21(17)33)29-14-6-8-16-31-32-19(12(2)3)34(16)10-14/h5,7,9,11-12,14H,4,6,8,10H2,1-3H3,(H,27,28,29)/t14-/m0/s1. The number of alkyl halides is 3. The van der Waals surface area contributed by atoms with Crippen molar-refractivity contribution in [2.45, 2.75) is 64.8 Å². The van der Waals surface area contributed by atoms with Gasteiger partial charge in [-0.1, -0.05) is 13.8 Å². The van der Waals surface area contributed by atoms with Crippen LogP contribution < -0.4 is 5.32 Å². The van der Waals surface area contributed by atoms with Crippen LogP contribution in [0.25, 0.3) is 22.6 Å². The quantitative estimate of drug-likeness (QED) is 0.468. The number of pyridine rings is 1. The first-order valence-corrected chi connectivity index (χ1v) is 11.2. The van der Waals surface area contributed by atoms with E-state index in [0.29, 0.717) is 41.5 Å². The van der Waals surface area contributed by atoms with Crippen LogP contribution in [-0.4, -0.2) is 45.3 Å². The van der Waals surface area contributed by atoms with Gasteiger partial charge in [-0.25, -0.2) is 15.0 Å². The number of aromatic nitrogens is 8. The molecule has 12 heteroatoms. The van der Waals surface area contributed by atoms with Crippen molar-refractivity contribution in [1.29, 1.82) is 0 Å². The lowest BCUT2D eigenvalue weighted by Crippen LogP contribution is -2.32. The fourth-order valence-electron chi connectivity index (χ4n) is 4.34. The minimum absolute atomic E-state index is 0.0991. The van der Waals surface area contributed by atoms with Crippen LogP contribution in [0.2, 0.25) is 0 Å². The average Bonchev–Trinajstić information content (AvgIpc) is 3.40. The smallest absolute Gasteiger partial charge is 0.364 e. The van der Waals surface area contributed by atoms with Crippen molar-refractivity contribution in [2.75, 3.05) is 5.32 Å². The first-order valence-electron chi connectivity index (χ1n) is 11.2. The van der Waals surface area contributed by atoms with Crippen LogP contribution in [0.3, 0.4) is 0 Å². The third kappa shape index (κ3) is 3.86. The molecule has 0 amide bonds. The second-order valence-corrected chi connectivity index (χ2v) is 8.62. The van der Waals surface area contributed by atoms with E-state index in [1.807, 2.05) is 11.5 Å². The van der Waals surface area contributed by atoms with E-state index in [4.69, 9.17) is 4.98 Å². The van der Waals surface area contributed by atoms with Crippen LogP contribution in [0.4, 0.5) is 19.0 Å². The molecule has 0 aromatic carbocycles. The summed E-state index contributed by atoms with van der Waals surface area (Å²) in [5.41, 5.74) is 0.715. The van der Waals surface area contributed by atoms with E-state index in [1.165, 1.54) is 18.6 Å². The topological polar surface area (TPSA) is 99.2 Å². The van der Waals surface area contributed by atoms with Crippen LogP contribution in [0.15, 0.2) is 24.7 Å². The van der Waals surface area contributed by atoms with Gasteiger partial charge in [-0.2, -0.15) is 13.2 Å². The second kappa shape index (κ2) is 8.33. The van der Waals surface area contributed by atoms with Crippen LogP contribution in [0, 0.1) is 0 Å². The monoisotopic (exact) mass is 471 g/mol. The highest BCUT2D eigenvalue weighted by atomic mass is 19.4. The van der Waals surface area contributed by atoms with E-state index in [0.717, 1.165) is 30.6 Å². The van der Waals surface area contributed by atoms with Crippen LogP contribution in [0.1, 0.15) is 50.5 Å². The number of nitrogens with one attached hydrogen (secondary N) is 1. The fraction of sp³-hybridized carbons (Fsp3) is 0.455. The van der Waals surface area contributed by atoms with Gasteiger partial charge in [0.25, 0.3) is 0 Å². The number of anilines is 1. The Morgan fingerprint density at radius 2 is 1.97 bits per heavy atom. The maximum atomic E-state index is 12.9. The Labute approximate surface area is 193 Å². The third-order valence-electron chi connectivity index (χ3n) is 5.99. The van der Waals surface area contributed by atoms with Crippen LogP contribution in [0.5, 0.6) is 0 Å². The molecule has 9 nitrogen and oxygen atoms in total. The van der Waals surface area contributed by atoms with E-state index in [1.54, 1.807) is 0 Å². The van der Waals surface area contributed by atoms with E-state index in [2.05, 4.69) is 48.9 Å². The number of nitrogens with zero attached hydrogens (tertiary/aromatic N) is 8. The summed E-state index contributed by atoms with van der Waals surface area (Å²) in [6.45, 7) is 7.37. The SMILES string of the molecule is CCn1c(-c2ccc(C(F)(F)F)nc2)nc2c(N[C@H]3CCc4nnc(C(C)C)n4C3)ncnc21. The van der Waals surface area contributed by atoms with Crippen molar-refractivity contribution < 1.29 is 13.2 Å². The number of hydrogen-bond donors (Lipinski definition) is 1. The molecule has 5 heterocycles. The van der Waals surface area contributed by atoms with Crippen molar-refractivity contribution in [3.8, 4) is 11.4 Å². The zero-order valence-corrected chi connectivity index (χ0v) is 19.0. The Kier molecular flexibility index (Phi) is 5.45. The van der Waals surface area contributed by atoms with Gasteiger partial charge in [-0.05, 0) is 25.5 Å². The number of hydrogen-bond acceptors (Lipinski definition) is 7. The van der Waals surface area contributed by atoms with Gasteiger partial charge in [0.1, 0.15) is 29.5 Å². The average molecular weight is 471 g/mol. The maximum absolute atomic E-state index is 12.9. The van der Waals surface area contributed by atoms with Crippen molar-refractivity contribution in [1.82, 2.24) is 39.3 Å². The summed E-state index contributed by atoms with van der Waals surface area (Å²) < 4.78 is 42.8. The van der Waals surface area contributed by atoms with Gasteiger partial charge in [0.05, 0.1) is 0 Å². The van der Waals surface area contributed by atoms with Gasteiger partial charge in [0.2, 0.25) is 0 Å². The highest BCUT2D eigenvalue weighted by Gasteiger charge is 2.32. The largest absolute Gasteiger partial charge is 0.433 e. The molecular weight excluding hydrogens is 447 g/mol. The number of rotatable bonds is 5. The van der Waals surface area contributed by atoms with Crippen molar-refractivity contribution >= 4 is 17.0 Å². The number of imidazole rings is 1. The highest BCUT2D eigenvalue weighted by molar-refractivity contribution is 5.86. The molecule has 1 atom stereocenters. The predicted molar refractivity (Wildman–Crippen MR) is 119 cm³/mol.